The molecule has 0 amide bonds. The van der Waals surface area contributed by atoms with Gasteiger partial charge in [-0.3, -0.25) is 0 Å². The van der Waals surface area contributed by atoms with Gasteiger partial charge in [-0.25, -0.2) is 0 Å². The number of hydrogen-bond donors (Lipinski definition) is 1. The van der Waals surface area contributed by atoms with Gasteiger partial charge in [-0.1, -0.05) is 13.8 Å². The molecule has 0 aliphatic carbocycles. The summed E-state index contributed by atoms with van der Waals surface area (Å²) in [5, 5.41) is 3.55. The van der Waals surface area contributed by atoms with Crippen molar-refractivity contribution in [3.63, 3.8) is 0 Å². The lowest BCUT2D eigenvalue weighted by Crippen LogP contribution is -2.44. The van der Waals surface area contributed by atoms with Crippen molar-refractivity contribution in [1.29, 1.82) is 0 Å². The number of nitrogens with one attached hydrogen (secondary N) is 1. The normalized spacial score (nSPS) is 17.4. The number of hydrogen-bond acceptors (Lipinski definition) is 3. The molecule has 0 rings (SSSR count). The Morgan fingerprint density at radius 2 is 1.87 bits per heavy atom. The zero-order valence-corrected chi connectivity index (χ0v) is 10.9. The SMILES string of the molecule is CCCNC(C(C)CCOC)C(C)OC. The third-order valence-corrected chi connectivity index (χ3v) is 2.90. The Balaban J connectivity index is 4.07. The molecule has 15 heavy (non-hydrogen) atoms. The lowest BCUT2D eigenvalue weighted by atomic mass is 9.94. The largest absolute Gasteiger partial charge is 0.385 e. The molecule has 3 nitrogen and oxygen atoms in total. The zero-order chi connectivity index (χ0) is 11.7. The van der Waals surface area contributed by atoms with Gasteiger partial charge in [-0.15, -0.1) is 0 Å². The quantitative estimate of drug-likeness (QED) is 0.641. The van der Waals surface area contributed by atoms with Crippen LogP contribution in [-0.2, 0) is 9.47 Å². The van der Waals surface area contributed by atoms with Crippen molar-refractivity contribution >= 4 is 0 Å². The average molecular weight is 217 g/mol. The minimum Gasteiger partial charge on any atom is -0.385 e. The molecule has 0 saturated heterocycles. The van der Waals surface area contributed by atoms with Crippen LogP contribution in [0, 0.1) is 5.92 Å². The Morgan fingerprint density at radius 3 is 2.33 bits per heavy atom. The molecule has 0 aliphatic rings. The highest BCUT2D eigenvalue weighted by Gasteiger charge is 2.22. The summed E-state index contributed by atoms with van der Waals surface area (Å²) in [5.41, 5.74) is 0. The average Bonchev–Trinajstić information content (AvgIpc) is 2.26. The van der Waals surface area contributed by atoms with Crippen LogP contribution in [0.1, 0.15) is 33.6 Å². The van der Waals surface area contributed by atoms with Gasteiger partial charge in [-0.05, 0) is 32.2 Å². The van der Waals surface area contributed by atoms with Crippen LogP contribution in [0.4, 0.5) is 0 Å². The molecule has 0 aliphatic heterocycles. The van der Waals surface area contributed by atoms with E-state index in [9.17, 15) is 0 Å². The number of methoxy groups -OCH3 is 2. The summed E-state index contributed by atoms with van der Waals surface area (Å²) in [6.45, 7) is 8.43. The molecule has 0 fully saturated rings. The fraction of sp³-hybridized carbons (Fsp3) is 1.00. The second-order valence-electron chi connectivity index (χ2n) is 4.18. The summed E-state index contributed by atoms with van der Waals surface area (Å²) < 4.78 is 10.5. The van der Waals surface area contributed by atoms with Crippen molar-refractivity contribution in [2.75, 3.05) is 27.4 Å². The molecular formula is C12H27NO2. The van der Waals surface area contributed by atoms with Gasteiger partial charge in [0, 0.05) is 26.9 Å². The van der Waals surface area contributed by atoms with Crippen LogP contribution in [0.2, 0.25) is 0 Å². The first-order valence-corrected chi connectivity index (χ1v) is 5.92. The molecular weight excluding hydrogens is 190 g/mol. The van der Waals surface area contributed by atoms with E-state index in [1.165, 1.54) is 0 Å². The van der Waals surface area contributed by atoms with E-state index in [1.807, 2.05) is 0 Å². The molecule has 0 saturated carbocycles. The second kappa shape index (κ2) is 9.13. The Labute approximate surface area is 94.5 Å². The van der Waals surface area contributed by atoms with E-state index in [0.29, 0.717) is 12.0 Å². The van der Waals surface area contributed by atoms with Gasteiger partial charge < -0.3 is 14.8 Å². The van der Waals surface area contributed by atoms with Gasteiger partial charge in [0.2, 0.25) is 0 Å². The van der Waals surface area contributed by atoms with E-state index in [0.717, 1.165) is 26.0 Å². The number of ether oxygens (including phenoxy) is 2. The van der Waals surface area contributed by atoms with E-state index in [2.05, 4.69) is 26.1 Å². The molecule has 0 radical (unpaired) electrons. The number of rotatable bonds is 9. The molecule has 0 aromatic carbocycles. The predicted octanol–water partition coefficient (Wildman–Crippen LogP) is 2.06. The van der Waals surface area contributed by atoms with Crippen LogP contribution in [0.5, 0.6) is 0 Å². The first-order chi connectivity index (χ1) is 7.17. The lowest BCUT2D eigenvalue weighted by Gasteiger charge is -2.29. The smallest absolute Gasteiger partial charge is 0.0698 e. The van der Waals surface area contributed by atoms with E-state index in [-0.39, 0.29) is 6.10 Å². The molecule has 0 spiro atoms. The summed E-state index contributed by atoms with van der Waals surface area (Å²) in [5.74, 6) is 0.575. The molecule has 3 heteroatoms. The van der Waals surface area contributed by atoms with Crippen LogP contribution in [-0.4, -0.2) is 39.5 Å². The predicted molar refractivity (Wildman–Crippen MR) is 64.2 cm³/mol. The van der Waals surface area contributed by atoms with Crippen LogP contribution in [0.15, 0.2) is 0 Å². The topological polar surface area (TPSA) is 30.5 Å². The Kier molecular flexibility index (Phi) is 9.06. The van der Waals surface area contributed by atoms with Crippen molar-refractivity contribution in [2.45, 2.75) is 45.8 Å². The van der Waals surface area contributed by atoms with Gasteiger partial charge in [0.15, 0.2) is 0 Å². The highest BCUT2D eigenvalue weighted by Crippen LogP contribution is 2.13. The Bertz CT molecular complexity index is 142. The first kappa shape index (κ1) is 14.9. The van der Waals surface area contributed by atoms with Crippen molar-refractivity contribution < 1.29 is 9.47 Å². The highest BCUT2D eigenvalue weighted by atomic mass is 16.5. The Morgan fingerprint density at radius 1 is 1.20 bits per heavy atom. The minimum absolute atomic E-state index is 0.253. The molecule has 0 bridgehead atoms. The van der Waals surface area contributed by atoms with E-state index in [1.54, 1.807) is 14.2 Å². The van der Waals surface area contributed by atoms with E-state index >= 15 is 0 Å². The fourth-order valence-electron chi connectivity index (χ4n) is 1.77. The Hall–Kier alpha value is -0.120. The van der Waals surface area contributed by atoms with Crippen molar-refractivity contribution in [2.24, 2.45) is 5.92 Å². The molecule has 1 N–H and O–H groups in total. The standard InChI is InChI=1S/C12H27NO2/c1-6-8-13-12(11(3)15-5)10(2)7-9-14-4/h10-13H,6-9H2,1-5H3. The van der Waals surface area contributed by atoms with Crippen LogP contribution in [0.3, 0.4) is 0 Å². The van der Waals surface area contributed by atoms with E-state index in [4.69, 9.17) is 9.47 Å². The monoisotopic (exact) mass is 217 g/mol. The molecule has 0 heterocycles. The zero-order valence-electron chi connectivity index (χ0n) is 10.9. The first-order valence-electron chi connectivity index (χ1n) is 5.92. The van der Waals surface area contributed by atoms with Gasteiger partial charge in [0.1, 0.15) is 0 Å². The maximum atomic E-state index is 5.41. The van der Waals surface area contributed by atoms with Crippen molar-refractivity contribution in [3.8, 4) is 0 Å². The molecule has 92 valence electrons. The second-order valence-corrected chi connectivity index (χ2v) is 4.18. The fourth-order valence-corrected chi connectivity index (χ4v) is 1.77. The molecule has 3 atom stereocenters. The van der Waals surface area contributed by atoms with Crippen LogP contribution >= 0.6 is 0 Å². The summed E-state index contributed by atoms with van der Waals surface area (Å²) in [6, 6.07) is 0.421. The van der Waals surface area contributed by atoms with Gasteiger partial charge in [-0.2, -0.15) is 0 Å². The summed E-state index contributed by atoms with van der Waals surface area (Å²) >= 11 is 0. The van der Waals surface area contributed by atoms with Crippen LogP contribution < -0.4 is 5.32 Å². The van der Waals surface area contributed by atoms with Crippen LogP contribution in [0.25, 0.3) is 0 Å². The maximum Gasteiger partial charge on any atom is 0.0698 e. The molecule has 3 unspecified atom stereocenters. The lowest BCUT2D eigenvalue weighted by molar-refractivity contribution is 0.0560. The van der Waals surface area contributed by atoms with Gasteiger partial charge >= 0.3 is 0 Å². The highest BCUT2D eigenvalue weighted by molar-refractivity contribution is 4.79. The molecule has 0 aromatic heterocycles. The summed E-state index contributed by atoms with van der Waals surface area (Å²) in [6.07, 6.45) is 2.48. The summed E-state index contributed by atoms with van der Waals surface area (Å²) in [4.78, 5) is 0. The minimum atomic E-state index is 0.253. The van der Waals surface area contributed by atoms with Crippen molar-refractivity contribution in [1.82, 2.24) is 5.32 Å². The van der Waals surface area contributed by atoms with Gasteiger partial charge in [0.05, 0.1) is 6.10 Å². The summed E-state index contributed by atoms with van der Waals surface area (Å²) in [7, 11) is 3.52. The third-order valence-electron chi connectivity index (χ3n) is 2.90. The third kappa shape index (κ3) is 6.13. The van der Waals surface area contributed by atoms with E-state index < -0.39 is 0 Å². The maximum absolute atomic E-state index is 5.41. The van der Waals surface area contributed by atoms with Gasteiger partial charge in [0.25, 0.3) is 0 Å². The molecule has 0 aromatic rings. The van der Waals surface area contributed by atoms with Crippen molar-refractivity contribution in [3.05, 3.63) is 0 Å².